The van der Waals surface area contributed by atoms with E-state index in [-0.39, 0.29) is 17.7 Å². The standard InChI is InChI=1S/C14H8BrFN2O3S/c15-8-1-2-10(11(16)5-8)13(20)21-7-9-6-12(19)18-3-4-22-14(18)17-9/h1-6H,7H2. The van der Waals surface area contributed by atoms with Crippen LogP contribution in [0.15, 0.2) is 45.1 Å². The first-order valence-electron chi connectivity index (χ1n) is 6.12. The Morgan fingerprint density at radius 3 is 3.00 bits per heavy atom. The average molecular weight is 383 g/mol. The highest BCUT2D eigenvalue weighted by molar-refractivity contribution is 9.10. The summed E-state index contributed by atoms with van der Waals surface area (Å²) in [6.45, 7) is -0.196. The zero-order valence-corrected chi connectivity index (χ0v) is 13.4. The minimum atomic E-state index is -0.807. The molecule has 0 atom stereocenters. The number of rotatable bonds is 3. The number of aromatic nitrogens is 2. The quantitative estimate of drug-likeness (QED) is 0.653. The van der Waals surface area contributed by atoms with Crippen molar-refractivity contribution in [2.45, 2.75) is 6.61 Å². The number of hydrogen-bond donors (Lipinski definition) is 0. The molecule has 0 bridgehead atoms. The molecule has 0 saturated carbocycles. The molecule has 0 fully saturated rings. The Labute approximate surface area is 136 Å². The molecule has 0 spiro atoms. The molecule has 3 rings (SSSR count). The van der Waals surface area contributed by atoms with Gasteiger partial charge in [-0.3, -0.25) is 9.20 Å². The topological polar surface area (TPSA) is 60.7 Å². The SMILES string of the molecule is O=C(OCc1cc(=O)n2ccsc2n1)c1ccc(Br)cc1F. The number of carbonyl (C=O) groups is 1. The van der Waals surface area contributed by atoms with Crippen LogP contribution in [0.2, 0.25) is 0 Å². The third kappa shape index (κ3) is 2.93. The number of esters is 1. The highest BCUT2D eigenvalue weighted by Crippen LogP contribution is 2.16. The van der Waals surface area contributed by atoms with Crippen LogP contribution in [0.1, 0.15) is 16.1 Å². The molecular formula is C14H8BrFN2O3S. The molecule has 22 heavy (non-hydrogen) atoms. The minimum Gasteiger partial charge on any atom is -0.455 e. The zero-order valence-electron chi connectivity index (χ0n) is 11.0. The molecule has 0 aliphatic heterocycles. The van der Waals surface area contributed by atoms with Gasteiger partial charge in [0.15, 0.2) is 4.96 Å². The number of halogens is 2. The maximum absolute atomic E-state index is 13.7. The van der Waals surface area contributed by atoms with Gasteiger partial charge in [-0.15, -0.1) is 11.3 Å². The fourth-order valence-electron chi connectivity index (χ4n) is 1.83. The predicted octanol–water partition coefficient (Wildman–Crippen LogP) is 3.01. The Hall–Kier alpha value is -2.06. The fraction of sp³-hybridized carbons (Fsp3) is 0.0714. The van der Waals surface area contributed by atoms with Gasteiger partial charge in [0.25, 0.3) is 5.56 Å². The van der Waals surface area contributed by atoms with Crippen molar-refractivity contribution in [3.05, 3.63) is 67.7 Å². The van der Waals surface area contributed by atoms with Crippen LogP contribution >= 0.6 is 27.3 Å². The van der Waals surface area contributed by atoms with E-state index in [1.54, 1.807) is 17.6 Å². The lowest BCUT2D eigenvalue weighted by atomic mass is 10.2. The molecule has 2 heterocycles. The molecule has 0 unspecified atom stereocenters. The Kier molecular flexibility index (Phi) is 4.04. The van der Waals surface area contributed by atoms with Gasteiger partial charge < -0.3 is 4.74 Å². The van der Waals surface area contributed by atoms with Gasteiger partial charge in [-0.2, -0.15) is 0 Å². The van der Waals surface area contributed by atoms with Gasteiger partial charge in [0.05, 0.1) is 11.3 Å². The summed E-state index contributed by atoms with van der Waals surface area (Å²) in [4.78, 5) is 28.4. The summed E-state index contributed by atoms with van der Waals surface area (Å²) in [6.07, 6.45) is 1.61. The van der Waals surface area contributed by atoms with E-state index in [2.05, 4.69) is 20.9 Å². The predicted molar refractivity (Wildman–Crippen MR) is 82.6 cm³/mol. The maximum Gasteiger partial charge on any atom is 0.341 e. The molecule has 112 valence electrons. The molecule has 0 N–H and O–H groups in total. The van der Waals surface area contributed by atoms with Gasteiger partial charge in [0.1, 0.15) is 12.4 Å². The molecular weight excluding hydrogens is 375 g/mol. The van der Waals surface area contributed by atoms with Crippen molar-refractivity contribution in [3.63, 3.8) is 0 Å². The summed E-state index contributed by atoms with van der Waals surface area (Å²) in [6, 6.07) is 5.33. The van der Waals surface area contributed by atoms with Crippen LogP contribution in [-0.4, -0.2) is 15.4 Å². The van der Waals surface area contributed by atoms with Gasteiger partial charge in [-0.1, -0.05) is 15.9 Å². The number of hydrogen-bond acceptors (Lipinski definition) is 5. The second-order valence-corrected chi connectivity index (χ2v) is 6.13. The van der Waals surface area contributed by atoms with Gasteiger partial charge in [-0.05, 0) is 18.2 Å². The highest BCUT2D eigenvalue weighted by atomic mass is 79.9. The summed E-state index contributed by atoms with van der Waals surface area (Å²) in [5.41, 5.74) is -0.109. The zero-order chi connectivity index (χ0) is 15.7. The van der Waals surface area contributed by atoms with Gasteiger partial charge in [-0.25, -0.2) is 14.2 Å². The van der Waals surface area contributed by atoms with E-state index in [1.807, 2.05) is 0 Å². The summed E-state index contributed by atoms with van der Waals surface area (Å²) in [7, 11) is 0. The molecule has 5 nitrogen and oxygen atoms in total. The van der Waals surface area contributed by atoms with E-state index in [0.29, 0.717) is 15.1 Å². The van der Waals surface area contributed by atoms with Gasteiger partial charge in [0, 0.05) is 22.1 Å². The van der Waals surface area contributed by atoms with Crippen LogP contribution < -0.4 is 5.56 Å². The maximum atomic E-state index is 13.7. The van der Waals surface area contributed by atoms with E-state index < -0.39 is 11.8 Å². The molecule has 8 heteroatoms. The number of nitrogens with zero attached hydrogens (tertiary/aromatic N) is 2. The molecule has 2 aromatic heterocycles. The summed E-state index contributed by atoms with van der Waals surface area (Å²) >= 11 is 4.41. The number of carbonyl (C=O) groups excluding carboxylic acids is 1. The van der Waals surface area contributed by atoms with Crippen molar-refractivity contribution < 1.29 is 13.9 Å². The summed E-state index contributed by atoms with van der Waals surface area (Å²) < 4.78 is 20.6. The smallest absolute Gasteiger partial charge is 0.341 e. The van der Waals surface area contributed by atoms with E-state index in [0.717, 1.165) is 0 Å². The van der Waals surface area contributed by atoms with Crippen molar-refractivity contribution in [1.29, 1.82) is 0 Å². The Morgan fingerprint density at radius 1 is 1.41 bits per heavy atom. The van der Waals surface area contributed by atoms with Crippen molar-refractivity contribution in [2.24, 2.45) is 0 Å². The number of fused-ring (bicyclic) bond motifs is 1. The molecule has 0 radical (unpaired) electrons. The van der Waals surface area contributed by atoms with Crippen LogP contribution in [0, 0.1) is 5.82 Å². The fourth-order valence-corrected chi connectivity index (χ4v) is 2.91. The lowest BCUT2D eigenvalue weighted by molar-refractivity contribution is 0.0462. The van der Waals surface area contributed by atoms with Gasteiger partial charge in [0.2, 0.25) is 0 Å². The first kappa shape index (κ1) is 14.9. The van der Waals surface area contributed by atoms with Crippen molar-refractivity contribution >= 4 is 38.2 Å². The molecule has 3 aromatic rings. The normalized spacial score (nSPS) is 10.8. The monoisotopic (exact) mass is 382 g/mol. The molecule has 0 amide bonds. The van der Waals surface area contributed by atoms with E-state index in [4.69, 9.17) is 4.74 Å². The van der Waals surface area contributed by atoms with Crippen LogP contribution in [0.4, 0.5) is 4.39 Å². The van der Waals surface area contributed by atoms with Crippen LogP contribution in [0.25, 0.3) is 4.96 Å². The third-order valence-corrected chi connectivity index (χ3v) is 4.11. The van der Waals surface area contributed by atoms with E-state index >= 15 is 0 Å². The largest absolute Gasteiger partial charge is 0.455 e. The molecule has 0 aliphatic carbocycles. The van der Waals surface area contributed by atoms with E-state index in [9.17, 15) is 14.0 Å². The lowest BCUT2D eigenvalue weighted by Crippen LogP contribution is -2.15. The number of ether oxygens (including phenoxy) is 1. The number of thiazole rings is 1. The third-order valence-electron chi connectivity index (χ3n) is 2.86. The first-order valence-corrected chi connectivity index (χ1v) is 7.80. The summed E-state index contributed by atoms with van der Waals surface area (Å²) in [5, 5.41) is 1.73. The Bertz CT molecular complexity index is 922. The van der Waals surface area contributed by atoms with Crippen molar-refractivity contribution in [2.75, 3.05) is 0 Å². The van der Waals surface area contributed by atoms with E-state index in [1.165, 1.54) is 33.9 Å². The second kappa shape index (κ2) is 5.98. The molecule has 1 aromatic carbocycles. The second-order valence-electron chi connectivity index (χ2n) is 4.34. The Balaban J connectivity index is 1.78. The minimum absolute atomic E-state index is 0.169. The van der Waals surface area contributed by atoms with Gasteiger partial charge >= 0.3 is 5.97 Å². The average Bonchev–Trinajstić information content (AvgIpc) is 2.93. The van der Waals surface area contributed by atoms with Crippen LogP contribution in [0.3, 0.4) is 0 Å². The van der Waals surface area contributed by atoms with Crippen molar-refractivity contribution in [1.82, 2.24) is 9.38 Å². The van der Waals surface area contributed by atoms with Crippen LogP contribution in [0.5, 0.6) is 0 Å². The number of benzene rings is 1. The van der Waals surface area contributed by atoms with Crippen LogP contribution in [-0.2, 0) is 11.3 Å². The van der Waals surface area contributed by atoms with Crippen molar-refractivity contribution in [3.8, 4) is 0 Å². The first-order chi connectivity index (χ1) is 10.5. The molecule has 0 saturated heterocycles. The Morgan fingerprint density at radius 2 is 2.23 bits per heavy atom. The molecule has 0 aliphatic rings. The lowest BCUT2D eigenvalue weighted by Gasteiger charge is -2.05. The summed E-state index contributed by atoms with van der Waals surface area (Å²) in [5.74, 6) is -1.49. The highest BCUT2D eigenvalue weighted by Gasteiger charge is 2.14.